The molecular weight excluding hydrogens is 735 g/mol. The second-order valence-electron chi connectivity index (χ2n) is 15.5. The van der Waals surface area contributed by atoms with Crippen LogP contribution in [0.3, 0.4) is 0 Å². The molecule has 1 spiro atoms. The van der Waals surface area contributed by atoms with Crippen molar-refractivity contribution in [1.82, 2.24) is 25.1 Å². The van der Waals surface area contributed by atoms with Crippen LogP contribution in [0.1, 0.15) is 47.1 Å². The number of halogens is 2. The van der Waals surface area contributed by atoms with Crippen LogP contribution in [0.15, 0.2) is 69.5 Å². The predicted octanol–water partition coefficient (Wildman–Crippen LogP) is 7.43. The summed E-state index contributed by atoms with van der Waals surface area (Å²) in [7, 11) is 0. The smallest absolute Gasteiger partial charge is 0.387 e. The number of rotatable bonds is 10. The molecule has 1 amide bonds. The second-order valence-corrected chi connectivity index (χ2v) is 15.5. The first-order valence-electron chi connectivity index (χ1n) is 18.9. The van der Waals surface area contributed by atoms with Gasteiger partial charge in [-0.3, -0.25) is 19.4 Å². The number of likely N-dealkylation sites (tertiary alicyclic amines) is 2. The monoisotopic (exact) mass is 772 g/mol. The molecule has 3 saturated heterocycles. The van der Waals surface area contributed by atoms with Gasteiger partial charge in [-0.15, -0.1) is 0 Å². The molecule has 4 aromatic carbocycles. The van der Waals surface area contributed by atoms with Gasteiger partial charge in [0.05, 0.1) is 5.56 Å². The van der Waals surface area contributed by atoms with Gasteiger partial charge in [0.1, 0.15) is 28.9 Å². The van der Waals surface area contributed by atoms with Crippen LogP contribution >= 0.6 is 0 Å². The first-order valence-corrected chi connectivity index (χ1v) is 18.9. The Hall–Kier alpha value is -6.17. The van der Waals surface area contributed by atoms with E-state index in [-0.39, 0.29) is 29.2 Å². The van der Waals surface area contributed by atoms with Crippen molar-refractivity contribution in [3.05, 3.63) is 88.5 Å². The van der Waals surface area contributed by atoms with Gasteiger partial charge in [-0.25, -0.2) is 9.97 Å². The van der Waals surface area contributed by atoms with Crippen LogP contribution < -0.4 is 10.1 Å². The molecule has 5 heterocycles. The lowest BCUT2D eigenvalue weighted by Gasteiger charge is -2.47. The third-order valence-corrected chi connectivity index (χ3v) is 11.6. The van der Waals surface area contributed by atoms with E-state index < -0.39 is 18.6 Å². The summed E-state index contributed by atoms with van der Waals surface area (Å²) in [5.41, 5.74) is 8.57. The minimum Gasteiger partial charge on any atom is -0.480 e. The Bertz CT molecular complexity index is 2640. The molecular formula is C43H38F2N6O6. The van der Waals surface area contributed by atoms with Gasteiger partial charge < -0.3 is 24.0 Å². The number of carboxylic acids is 1. The Morgan fingerprint density at radius 2 is 1.68 bits per heavy atom. The van der Waals surface area contributed by atoms with Gasteiger partial charge in [0.2, 0.25) is 17.7 Å². The van der Waals surface area contributed by atoms with Gasteiger partial charge >= 0.3 is 12.6 Å². The number of hydrogen-bond donors (Lipinski definition) is 2. The molecule has 0 bridgehead atoms. The van der Waals surface area contributed by atoms with Gasteiger partial charge in [0.25, 0.3) is 0 Å². The Kier molecular flexibility index (Phi) is 9.01. The molecule has 3 aliphatic rings. The predicted molar refractivity (Wildman–Crippen MR) is 205 cm³/mol. The highest BCUT2D eigenvalue weighted by Gasteiger charge is 2.47. The molecule has 2 N–H and O–H groups in total. The Balaban J connectivity index is 1.01. The number of carboxylic acid groups (broad SMARTS) is 1. The molecule has 9 rings (SSSR count). The van der Waals surface area contributed by atoms with E-state index in [4.69, 9.17) is 23.5 Å². The maximum atomic E-state index is 13.5. The Morgan fingerprint density at radius 3 is 2.33 bits per heavy atom. The van der Waals surface area contributed by atoms with Crippen molar-refractivity contribution in [3.8, 4) is 45.9 Å². The number of amides is 1. The van der Waals surface area contributed by atoms with Crippen LogP contribution in [0.25, 0.3) is 56.2 Å². The third-order valence-electron chi connectivity index (χ3n) is 11.6. The quantitative estimate of drug-likeness (QED) is 0.143. The molecule has 0 unspecified atom stereocenters. The van der Waals surface area contributed by atoms with E-state index in [9.17, 15) is 28.7 Å². The fourth-order valence-corrected chi connectivity index (χ4v) is 8.90. The lowest BCUT2D eigenvalue weighted by molar-refractivity contribution is -0.142. The lowest BCUT2D eigenvalue weighted by Crippen LogP contribution is -2.56. The van der Waals surface area contributed by atoms with E-state index >= 15 is 0 Å². The largest absolute Gasteiger partial charge is 0.480 e. The highest BCUT2D eigenvalue weighted by atomic mass is 19.3. The first kappa shape index (κ1) is 36.5. The fourth-order valence-electron chi connectivity index (χ4n) is 8.90. The number of carbonyl (C=O) groups excluding carboxylic acids is 1. The molecule has 57 heavy (non-hydrogen) atoms. The van der Waals surface area contributed by atoms with Gasteiger partial charge in [-0.2, -0.15) is 14.0 Å². The van der Waals surface area contributed by atoms with E-state index in [2.05, 4.69) is 16.3 Å². The summed E-state index contributed by atoms with van der Waals surface area (Å²) in [5, 5.41) is 22.7. The number of aliphatic carboxylic acids is 1. The Labute approximate surface area is 325 Å². The molecule has 12 nitrogen and oxygen atoms in total. The molecule has 3 aliphatic heterocycles. The molecule has 0 radical (unpaired) electrons. The highest BCUT2D eigenvalue weighted by molar-refractivity contribution is 5.86. The number of alkyl halides is 2. The Morgan fingerprint density at radius 1 is 1.00 bits per heavy atom. The number of nitrogens with zero attached hydrogens (tertiary/aromatic N) is 5. The molecule has 0 saturated carbocycles. The summed E-state index contributed by atoms with van der Waals surface area (Å²) in [5.74, 6) is -0.243. The number of carbonyl (C=O) groups is 2. The van der Waals surface area contributed by atoms with E-state index in [0.717, 1.165) is 46.5 Å². The second kappa shape index (κ2) is 14.1. The molecule has 6 aromatic rings. The number of ether oxygens (including phenoxy) is 1. The summed E-state index contributed by atoms with van der Waals surface area (Å²) >= 11 is 0. The van der Waals surface area contributed by atoms with Crippen molar-refractivity contribution in [1.29, 1.82) is 5.26 Å². The number of nitriles is 1. The van der Waals surface area contributed by atoms with Gasteiger partial charge in [0, 0.05) is 67.3 Å². The van der Waals surface area contributed by atoms with Crippen LogP contribution in [-0.4, -0.2) is 75.6 Å². The number of hydrogen-bond acceptors (Lipinski definition) is 10. The average molecular weight is 773 g/mol. The van der Waals surface area contributed by atoms with Crippen molar-refractivity contribution in [2.75, 3.05) is 26.2 Å². The SMILES string of the molecule is Cc1c(-c2nc3cc(CN4CCC[C@H]4C(=O)O)c(OC(F)F)cc3o2)cccc1-c1cccc(-c2nc3cc(CN4CC5(CNC(=O)C5)C4)cc(C#N)c3o2)c1C. The number of benzene rings is 4. The summed E-state index contributed by atoms with van der Waals surface area (Å²) in [4.78, 5) is 37.2. The van der Waals surface area contributed by atoms with E-state index in [1.807, 2.05) is 62.4 Å². The van der Waals surface area contributed by atoms with Crippen molar-refractivity contribution in [3.63, 3.8) is 0 Å². The topological polar surface area (TPSA) is 158 Å². The van der Waals surface area contributed by atoms with E-state index in [0.29, 0.717) is 84.0 Å². The van der Waals surface area contributed by atoms with Crippen LogP contribution in [0, 0.1) is 30.6 Å². The highest BCUT2D eigenvalue weighted by Crippen LogP contribution is 2.41. The van der Waals surface area contributed by atoms with Crippen molar-refractivity contribution >= 4 is 34.1 Å². The summed E-state index contributed by atoms with van der Waals surface area (Å²) in [6, 6.07) is 20.1. The zero-order valence-corrected chi connectivity index (χ0v) is 31.3. The van der Waals surface area contributed by atoms with E-state index in [1.165, 1.54) is 6.07 Å². The van der Waals surface area contributed by atoms with Crippen LogP contribution in [0.5, 0.6) is 5.75 Å². The number of nitrogens with one attached hydrogen (secondary N) is 1. The molecule has 2 aromatic heterocycles. The maximum absolute atomic E-state index is 13.5. The first-order chi connectivity index (χ1) is 27.5. The standard InChI is InChI=1S/C43H38F2N6O6/c1-23-28(6-3-8-30(23)39-48-32-14-27(19-51-11-5-10-34(51)41(53)54)35(56-42(44)45)15-36(32)55-39)29-7-4-9-31(24(29)2)40-49-33-13-25(12-26(17-46)38(33)57-40)18-50-21-43(22-50)16-37(52)47-20-43/h3-4,6-9,12-15,34,42H,5,10-11,16,18-22H2,1-2H3,(H,47,52)(H,53,54)/t34-/m0/s1. The van der Waals surface area contributed by atoms with Crippen LogP contribution in [0.2, 0.25) is 0 Å². The summed E-state index contributed by atoms with van der Waals surface area (Å²) < 4.78 is 44.4. The number of aromatic nitrogens is 2. The van der Waals surface area contributed by atoms with Crippen molar-refractivity contribution in [2.24, 2.45) is 5.41 Å². The molecule has 14 heteroatoms. The molecule has 1 atom stereocenters. The van der Waals surface area contributed by atoms with Gasteiger partial charge in [0.15, 0.2) is 11.2 Å². The normalized spacial score (nSPS) is 18.1. The third kappa shape index (κ3) is 6.66. The minimum atomic E-state index is -3.08. The summed E-state index contributed by atoms with van der Waals surface area (Å²) in [6.07, 6.45) is 1.73. The van der Waals surface area contributed by atoms with Crippen molar-refractivity contribution in [2.45, 2.75) is 58.9 Å². The lowest BCUT2D eigenvalue weighted by atomic mass is 9.79. The van der Waals surface area contributed by atoms with Gasteiger partial charge in [-0.05, 0) is 91.4 Å². The number of oxazole rings is 2. The fraction of sp³-hybridized carbons (Fsp3) is 0.326. The van der Waals surface area contributed by atoms with Crippen molar-refractivity contribution < 1.29 is 37.0 Å². The number of fused-ring (bicyclic) bond motifs is 2. The minimum absolute atomic E-state index is 0.00856. The van der Waals surface area contributed by atoms with Gasteiger partial charge in [-0.1, -0.05) is 24.3 Å². The zero-order chi connectivity index (χ0) is 39.6. The maximum Gasteiger partial charge on any atom is 0.387 e. The molecule has 290 valence electrons. The molecule has 3 fully saturated rings. The average Bonchev–Trinajstić information content (AvgIpc) is 3.97. The van der Waals surface area contributed by atoms with Crippen LogP contribution in [-0.2, 0) is 22.7 Å². The van der Waals surface area contributed by atoms with Crippen LogP contribution in [0.4, 0.5) is 8.78 Å². The van der Waals surface area contributed by atoms with E-state index in [1.54, 1.807) is 11.0 Å². The zero-order valence-electron chi connectivity index (χ0n) is 31.3. The molecule has 0 aliphatic carbocycles. The summed E-state index contributed by atoms with van der Waals surface area (Å²) in [6.45, 7) is 4.50.